The maximum Gasteiger partial charge on any atom is 0.0431 e. The summed E-state index contributed by atoms with van der Waals surface area (Å²) >= 11 is 0. The second-order valence-electron chi connectivity index (χ2n) is 15.2. The molecule has 0 aromatic heterocycles. The molecule has 0 atom stereocenters. The SMILES string of the molecule is OCCCCC1(CCCCO)c2ccc(-c3ccc(-c4ccc5ccccc5c4)cc3)cc2-c2cc(-c3ccc(-c4ccc5ccccc5c4)cc3)ccc21. The zero-order chi connectivity index (χ0) is 37.2. The summed E-state index contributed by atoms with van der Waals surface area (Å²) in [6, 6.07) is 62.6. The quantitative estimate of drug-likeness (QED) is 0.124. The Kier molecular flexibility index (Phi) is 9.62. The number of aliphatic hydroxyl groups excluding tert-OH is 2. The predicted molar refractivity (Wildman–Crippen MR) is 231 cm³/mol. The molecule has 1 aliphatic carbocycles. The molecular weight excluding hydrogens is 669 g/mol. The Morgan fingerprint density at radius 1 is 0.309 bits per heavy atom. The number of unbranched alkanes of at least 4 members (excludes halogenated alkanes) is 2. The lowest BCUT2D eigenvalue weighted by Crippen LogP contribution is -2.25. The standard InChI is InChI=1S/C53H46O2/c54-31-7-5-29-53(30-6-8-32-55)51-27-25-47(41-17-13-39(14-18-41)45-23-21-37-9-1-3-11-43(37)33-45)35-49(51)50-36-48(26-28-52(50)53)42-19-15-40(16-20-42)46-24-22-38-10-2-4-12-44(38)34-46/h1-4,9-28,33-36,54-55H,5-8,29-32H2. The largest absolute Gasteiger partial charge is 0.396 e. The highest BCUT2D eigenvalue weighted by Gasteiger charge is 2.42. The zero-order valence-electron chi connectivity index (χ0n) is 31.2. The van der Waals surface area contributed by atoms with Gasteiger partial charge in [-0.1, -0.05) is 146 Å². The summed E-state index contributed by atoms with van der Waals surface area (Å²) in [5.41, 5.74) is 14.9. The minimum absolute atomic E-state index is 0.161. The Labute approximate surface area is 324 Å². The van der Waals surface area contributed by atoms with Crippen LogP contribution in [-0.2, 0) is 5.41 Å². The smallest absolute Gasteiger partial charge is 0.0431 e. The van der Waals surface area contributed by atoms with Gasteiger partial charge in [-0.3, -0.25) is 0 Å². The molecule has 0 saturated heterocycles. The van der Waals surface area contributed by atoms with Crippen molar-refractivity contribution in [3.63, 3.8) is 0 Å². The normalized spacial score (nSPS) is 12.9. The maximum absolute atomic E-state index is 9.80. The molecule has 0 radical (unpaired) electrons. The number of benzene rings is 8. The molecular formula is C53H46O2. The van der Waals surface area contributed by atoms with E-state index in [4.69, 9.17) is 0 Å². The summed E-state index contributed by atoms with van der Waals surface area (Å²) in [5, 5.41) is 24.6. The van der Waals surface area contributed by atoms with Crippen molar-refractivity contribution in [2.75, 3.05) is 13.2 Å². The van der Waals surface area contributed by atoms with Crippen molar-refractivity contribution < 1.29 is 10.2 Å². The van der Waals surface area contributed by atoms with Gasteiger partial charge in [0, 0.05) is 18.6 Å². The number of rotatable bonds is 12. The van der Waals surface area contributed by atoms with Crippen LogP contribution in [0.1, 0.15) is 49.7 Å². The second kappa shape index (κ2) is 15.1. The highest BCUT2D eigenvalue weighted by molar-refractivity contribution is 5.90. The van der Waals surface area contributed by atoms with Gasteiger partial charge in [-0.2, -0.15) is 0 Å². The van der Waals surface area contributed by atoms with Gasteiger partial charge in [0.05, 0.1) is 0 Å². The summed E-state index contributed by atoms with van der Waals surface area (Å²) < 4.78 is 0. The van der Waals surface area contributed by atoms with E-state index >= 15 is 0 Å². The first-order valence-corrected chi connectivity index (χ1v) is 19.8. The van der Waals surface area contributed by atoms with Crippen LogP contribution >= 0.6 is 0 Å². The third kappa shape index (κ3) is 6.67. The van der Waals surface area contributed by atoms with Crippen LogP contribution in [0.3, 0.4) is 0 Å². The predicted octanol–water partition coefficient (Wildman–Crippen LogP) is 13.3. The molecule has 8 aromatic carbocycles. The molecule has 2 nitrogen and oxygen atoms in total. The molecule has 0 aliphatic heterocycles. The fraction of sp³-hybridized carbons (Fsp3) is 0.170. The van der Waals surface area contributed by atoms with Crippen LogP contribution in [-0.4, -0.2) is 23.4 Å². The molecule has 0 heterocycles. The average Bonchev–Trinajstić information content (AvgIpc) is 3.51. The van der Waals surface area contributed by atoms with Gasteiger partial charge in [-0.25, -0.2) is 0 Å². The molecule has 0 fully saturated rings. The van der Waals surface area contributed by atoms with Crippen LogP contribution in [0.4, 0.5) is 0 Å². The van der Waals surface area contributed by atoms with Crippen LogP contribution < -0.4 is 0 Å². The highest BCUT2D eigenvalue weighted by Crippen LogP contribution is 2.55. The molecule has 9 rings (SSSR count). The first-order chi connectivity index (χ1) is 27.1. The summed E-state index contributed by atoms with van der Waals surface area (Å²) in [4.78, 5) is 0. The Morgan fingerprint density at radius 2 is 0.636 bits per heavy atom. The van der Waals surface area contributed by atoms with Gasteiger partial charge in [0.2, 0.25) is 0 Å². The minimum Gasteiger partial charge on any atom is -0.396 e. The third-order valence-corrected chi connectivity index (χ3v) is 12.0. The van der Waals surface area contributed by atoms with Crippen molar-refractivity contribution >= 4 is 21.5 Å². The molecule has 1 aliphatic rings. The Morgan fingerprint density at radius 3 is 1.02 bits per heavy atom. The first-order valence-electron chi connectivity index (χ1n) is 19.8. The Bertz CT molecular complexity index is 2430. The van der Waals surface area contributed by atoms with E-state index in [1.807, 2.05) is 0 Å². The monoisotopic (exact) mass is 714 g/mol. The van der Waals surface area contributed by atoms with Crippen LogP contribution in [0, 0.1) is 0 Å². The van der Waals surface area contributed by atoms with E-state index in [0.717, 1.165) is 38.5 Å². The number of hydrogen-bond donors (Lipinski definition) is 2. The van der Waals surface area contributed by atoms with Crippen molar-refractivity contribution in [3.05, 3.63) is 181 Å². The molecule has 55 heavy (non-hydrogen) atoms. The topological polar surface area (TPSA) is 40.5 Å². The Balaban J connectivity index is 1.09. The molecule has 0 saturated carbocycles. The molecule has 0 bridgehead atoms. The zero-order valence-corrected chi connectivity index (χ0v) is 31.2. The van der Waals surface area contributed by atoms with Gasteiger partial charge in [0.1, 0.15) is 0 Å². The number of aliphatic hydroxyl groups is 2. The van der Waals surface area contributed by atoms with Gasteiger partial charge in [0.25, 0.3) is 0 Å². The Hall–Kier alpha value is -5.80. The molecule has 0 unspecified atom stereocenters. The van der Waals surface area contributed by atoms with Crippen LogP contribution in [0.2, 0.25) is 0 Å². The minimum atomic E-state index is -0.161. The lowest BCUT2D eigenvalue weighted by Gasteiger charge is -2.33. The molecule has 8 aromatic rings. The van der Waals surface area contributed by atoms with E-state index in [-0.39, 0.29) is 18.6 Å². The van der Waals surface area contributed by atoms with Crippen LogP contribution in [0.5, 0.6) is 0 Å². The van der Waals surface area contributed by atoms with E-state index in [1.165, 1.54) is 88.3 Å². The van der Waals surface area contributed by atoms with Gasteiger partial charge in [-0.15, -0.1) is 0 Å². The van der Waals surface area contributed by atoms with Crippen LogP contribution in [0.25, 0.3) is 77.2 Å². The molecule has 270 valence electrons. The molecule has 0 amide bonds. The highest BCUT2D eigenvalue weighted by atomic mass is 16.3. The molecule has 2 N–H and O–H groups in total. The van der Waals surface area contributed by atoms with E-state index in [9.17, 15) is 10.2 Å². The van der Waals surface area contributed by atoms with Gasteiger partial charge in [-0.05, 0) is 151 Å². The number of fused-ring (bicyclic) bond motifs is 5. The van der Waals surface area contributed by atoms with E-state index in [1.54, 1.807) is 0 Å². The van der Waals surface area contributed by atoms with Crippen molar-refractivity contribution in [2.24, 2.45) is 0 Å². The molecule has 2 heteroatoms. The summed E-state index contributed by atoms with van der Waals surface area (Å²) in [6.07, 6.45) is 5.41. The van der Waals surface area contributed by atoms with Gasteiger partial charge >= 0.3 is 0 Å². The fourth-order valence-electron chi connectivity index (χ4n) is 9.06. The maximum atomic E-state index is 9.80. The summed E-state index contributed by atoms with van der Waals surface area (Å²) in [6.45, 7) is 0.406. The van der Waals surface area contributed by atoms with Crippen molar-refractivity contribution in [1.29, 1.82) is 0 Å². The third-order valence-electron chi connectivity index (χ3n) is 12.0. The van der Waals surface area contributed by atoms with Crippen molar-refractivity contribution in [1.82, 2.24) is 0 Å². The van der Waals surface area contributed by atoms with E-state index < -0.39 is 0 Å². The summed E-state index contributed by atoms with van der Waals surface area (Å²) in [5.74, 6) is 0. The lowest BCUT2D eigenvalue weighted by molar-refractivity contribution is 0.266. The summed E-state index contributed by atoms with van der Waals surface area (Å²) in [7, 11) is 0. The van der Waals surface area contributed by atoms with E-state index in [2.05, 4.69) is 170 Å². The van der Waals surface area contributed by atoms with Gasteiger partial charge in [0.15, 0.2) is 0 Å². The fourth-order valence-corrected chi connectivity index (χ4v) is 9.06. The van der Waals surface area contributed by atoms with Crippen LogP contribution in [0.15, 0.2) is 170 Å². The second-order valence-corrected chi connectivity index (χ2v) is 15.2. The van der Waals surface area contributed by atoms with Crippen molar-refractivity contribution in [2.45, 2.75) is 43.9 Å². The van der Waals surface area contributed by atoms with Crippen molar-refractivity contribution in [3.8, 4) is 55.6 Å². The lowest BCUT2D eigenvalue weighted by atomic mass is 9.70. The number of hydrogen-bond acceptors (Lipinski definition) is 2. The first kappa shape index (κ1) is 34.9. The molecule has 0 spiro atoms. The average molecular weight is 715 g/mol. The van der Waals surface area contributed by atoms with E-state index in [0.29, 0.717) is 0 Å². The van der Waals surface area contributed by atoms with Gasteiger partial charge < -0.3 is 10.2 Å².